The lowest BCUT2D eigenvalue weighted by atomic mass is 10.2. The van der Waals surface area contributed by atoms with Crippen LogP contribution in [-0.4, -0.2) is 38.7 Å². The van der Waals surface area contributed by atoms with Crippen molar-refractivity contribution in [2.75, 3.05) is 11.9 Å². The van der Waals surface area contributed by atoms with Crippen LogP contribution in [0.15, 0.2) is 12.3 Å². The Labute approximate surface area is 102 Å². The number of rotatable bonds is 6. The highest BCUT2D eigenvalue weighted by Gasteiger charge is 2.19. The van der Waals surface area contributed by atoms with E-state index < -0.39 is 22.7 Å². The van der Waals surface area contributed by atoms with Gasteiger partial charge in [0.15, 0.2) is 0 Å². The molecule has 0 fully saturated rings. The Hall–Kier alpha value is -2.22. The molecule has 1 rings (SSSR count). The van der Waals surface area contributed by atoms with E-state index in [0.29, 0.717) is 6.42 Å². The summed E-state index contributed by atoms with van der Waals surface area (Å²) in [6.45, 7) is 1.87. The van der Waals surface area contributed by atoms with E-state index >= 15 is 0 Å². The van der Waals surface area contributed by atoms with Crippen LogP contribution in [0.3, 0.4) is 0 Å². The maximum absolute atomic E-state index is 10.8. The molecule has 0 saturated heterocycles. The Kier molecular flexibility index (Phi) is 4.55. The number of hydrogen-bond donors (Lipinski definition) is 3. The fraction of sp³-hybridized carbons (Fsp3) is 0.400. The monoisotopic (exact) mass is 255 g/mol. The van der Waals surface area contributed by atoms with Crippen LogP contribution in [0.5, 0.6) is 0 Å². The number of hydrogen-bond acceptors (Lipinski definition) is 6. The van der Waals surface area contributed by atoms with Crippen molar-refractivity contribution in [1.29, 1.82) is 0 Å². The van der Waals surface area contributed by atoms with Gasteiger partial charge in [-0.1, -0.05) is 6.92 Å². The highest BCUT2D eigenvalue weighted by atomic mass is 16.6. The molecule has 0 radical (unpaired) electrons. The minimum atomic E-state index is -1.29. The molecule has 8 nitrogen and oxygen atoms in total. The first-order chi connectivity index (χ1) is 8.45. The van der Waals surface area contributed by atoms with Gasteiger partial charge in [-0.05, 0) is 6.42 Å². The first kappa shape index (κ1) is 13.8. The number of aliphatic hydroxyl groups is 1. The van der Waals surface area contributed by atoms with Crippen molar-refractivity contribution in [3.8, 4) is 0 Å². The van der Waals surface area contributed by atoms with Gasteiger partial charge in [0.25, 0.3) is 0 Å². The van der Waals surface area contributed by atoms with Gasteiger partial charge in [-0.3, -0.25) is 10.1 Å². The molecule has 1 heterocycles. The predicted octanol–water partition coefficient (Wildman–Crippen LogP) is 0.871. The predicted molar refractivity (Wildman–Crippen MR) is 62.6 cm³/mol. The number of aliphatic hydroxyl groups excluding tert-OH is 1. The Morgan fingerprint density at radius 3 is 2.83 bits per heavy atom. The van der Waals surface area contributed by atoms with Gasteiger partial charge in [-0.2, -0.15) is 0 Å². The number of carboxylic acids is 1. The topological polar surface area (TPSA) is 126 Å². The van der Waals surface area contributed by atoms with E-state index in [4.69, 9.17) is 5.11 Å². The third-order valence-corrected chi connectivity index (χ3v) is 2.29. The molecule has 0 aliphatic heterocycles. The van der Waals surface area contributed by atoms with Gasteiger partial charge in [0.2, 0.25) is 5.82 Å². The minimum absolute atomic E-state index is 0.0579. The van der Waals surface area contributed by atoms with E-state index in [9.17, 15) is 20.0 Å². The van der Waals surface area contributed by atoms with Crippen molar-refractivity contribution >= 4 is 17.5 Å². The molecule has 18 heavy (non-hydrogen) atoms. The van der Waals surface area contributed by atoms with Gasteiger partial charge in [0.1, 0.15) is 0 Å². The normalized spacial score (nSPS) is 11.9. The van der Waals surface area contributed by atoms with E-state index in [0.717, 1.165) is 12.3 Å². The van der Waals surface area contributed by atoms with Gasteiger partial charge in [0, 0.05) is 18.8 Å². The molecule has 1 aromatic rings. The van der Waals surface area contributed by atoms with Crippen molar-refractivity contribution in [3.05, 3.63) is 27.9 Å². The quantitative estimate of drug-likeness (QED) is 0.508. The van der Waals surface area contributed by atoms with Crippen LogP contribution in [0.1, 0.15) is 23.7 Å². The molecule has 0 aromatic carbocycles. The molecule has 0 bridgehead atoms. The molecule has 1 aromatic heterocycles. The molecule has 0 spiro atoms. The zero-order chi connectivity index (χ0) is 13.7. The number of nitrogens with one attached hydrogen (secondary N) is 1. The number of aromatic nitrogens is 1. The molecule has 0 aliphatic carbocycles. The van der Waals surface area contributed by atoms with E-state index in [2.05, 4.69) is 10.3 Å². The first-order valence-electron chi connectivity index (χ1n) is 5.25. The summed E-state index contributed by atoms with van der Waals surface area (Å²) in [5.74, 6) is -1.34. The maximum Gasteiger partial charge on any atom is 0.337 e. The maximum atomic E-state index is 10.8. The zero-order valence-electron chi connectivity index (χ0n) is 9.66. The summed E-state index contributed by atoms with van der Waals surface area (Å²) in [7, 11) is 0. The van der Waals surface area contributed by atoms with E-state index in [1.165, 1.54) is 0 Å². The van der Waals surface area contributed by atoms with Gasteiger partial charge in [0.05, 0.1) is 16.6 Å². The van der Waals surface area contributed by atoms with E-state index in [1.807, 2.05) is 0 Å². The number of carboxylic acid groups (broad SMARTS) is 1. The summed E-state index contributed by atoms with van der Waals surface area (Å²) in [5, 5.41) is 31.4. The fourth-order valence-corrected chi connectivity index (χ4v) is 1.20. The Balaban J connectivity index is 2.97. The van der Waals surface area contributed by atoms with Gasteiger partial charge >= 0.3 is 11.7 Å². The molecule has 0 aliphatic rings. The lowest BCUT2D eigenvalue weighted by Gasteiger charge is -2.10. The summed E-state index contributed by atoms with van der Waals surface area (Å²) >= 11 is 0. The highest BCUT2D eigenvalue weighted by molar-refractivity contribution is 5.88. The van der Waals surface area contributed by atoms with Crippen molar-refractivity contribution in [3.63, 3.8) is 0 Å². The molecule has 8 heteroatoms. The smallest absolute Gasteiger partial charge is 0.337 e. The van der Waals surface area contributed by atoms with Crippen LogP contribution in [0.4, 0.5) is 11.5 Å². The molecule has 3 N–H and O–H groups in total. The highest BCUT2D eigenvalue weighted by Crippen LogP contribution is 2.22. The standard InChI is InChI=1S/C10H13N3O5/c1-2-7(14)5-12-9-8(13(17)18)3-6(4-11-9)10(15)16/h3-4,7,14H,2,5H2,1H3,(H,11,12)(H,15,16). The summed E-state index contributed by atoms with van der Waals surface area (Å²) in [5.41, 5.74) is -0.693. The number of anilines is 1. The number of nitrogens with zero attached hydrogens (tertiary/aromatic N) is 2. The average molecular weight is 255 g/mol. The molecule has 1 atom stereocenters. The van der Waals surface area contributed by atoms with Gasteiger partial charge in [-0.25, -0.2) is 9.78 Å². The van der Waals surface area contributed by atoms with E-state index in [1.54, 1.807) is 6.92 Å². The summed E-state index contributed by atoms with van der Waals surface area (Å²) in [4.78, 5) is 24.4. The average Bonchev–Trinajstić information content (AvgIpc) is 2.35. The largest absolute Gasteiger partial charge is 0.478 e. The lowest BCUT2D eigenvalue weighted by Crippen LogP contribution is -2.19. The molecule has 0 saturated carbocycles. The SMILES string of the molecule is CCC(O)CNc1ncc(C(=O)O)cc1[N+](=O)[O-]. The van der Waals surface area contributed by atoms with E-state index in [-0.39, 0.29) is 17.9 Å². The lowest BCUT2D eigenvalue weighted by molar-refractivity contribution is -0.384. The van der Waals surface area contributed by atoms with Gasteiger partial charge in [-0.15, -0.1) is 0 Å². The Morgan fingerprint density at radius 1 is 1.67 bits per heavy atom. The van der Waals surface area contributed by atoms with Crippen LogP contribution < -0.4 is 5.32 Å². The molecular formula is C10H13N3O5. The molecule has 0 amide bonds. The summed E-state index contributed by atoms with van der Waals surface area (Å²) < 4.78 is 0. The molecule has 98 valence electrons. The van der Waals surface area contributed by atoms with Crippen LogP contribution in [0, 0.1) is 10.1 Å². The second-order valence-corrected chi connectivity index (χ2v) is 3.60. The number of nitro groups is 1. The minimum Gasteiger partial charge on any atom is -0.478 e. The number of carbonyl (C=O) groups is 1. The first-order valence-corrected chi connectivity index (χ1v) is 5.25. The Morgan fingerprint density at radius 2 is 2.33 bits per heavy atom. The van der Waals surface area contributed by atoms with Crippen LogP contribution in [-0.2, 0) is 0 Å². The van der Waals surface area contributed by atoms with Gasteiger partial charge < -0.3 is 15.5 Å². The molecular weight excluding hydrogens is 242 g/mol. The van der Waals surface area contributed by atoms with Crippen molar-refractivity contribution in [2.24, 2.45) is 0 Å². The van der Waals surface area contributed by atoms with Crippen LogP contribution >= 0.6 is 0 Å². The van der Waals surface area contributed by atoms with Crippen molar-refractivity contribution < 1.29 is 19.9 Å². The number of pyridine rings is 1. The summed E-state index contributed by atoms with van der Waals surface area (Å²) in [6.07, 6.45) is 0.870. The second kappa shape index (κ2) is 5.92. The van der Waals surface area contributed by atoms with Crippen LogP contribution in [0.25, 0.3) is 0 Å². The third-order valence-electron chi connectivity index (χ3n) is 2.29. The second-order valence-electron chi connectivity index (χ2n) is 3.60. The van der Waals surface area contributed by atoms with Crippen molar-refractivity contribution in [2.45, 2.75) is 19.4 Å². The third kappa shape index (κ3) is 3.39. The van der Waals surface area contributed by atoms with Crippen LogP contribution in [0.2, 0.25) is 0 Å². The molecule has 1 unspecified atom stereocenters. The fourth-order valence-electron chi connectivity index (χ4n) is 1.20. The Bertz CT molecular complexity index is 463. The number of aromatic carboxylic acids is 1. The zero-order valence-corrected chi connectivity index (χ0v) is 9.66. The summed E-state index contributed by atoms with van der Waals surface area (Å²) in [6, 6.07) is 0.927. The van der Waals surface area contributed by atoms with Crippen molar-refractivity contribution in [1.82, 2.24) is 4.98 Å².